The van der Waals surface area contributed by atoms with Crippen LogP contribution in [0.1, 0.15) is 12.5 Å². The highest BCUT2D eigenvalue weighted by Crippen LogP contribution is 2.27. The van der Waals surface area contributed by atoms with E-state index in [1.165, 1.54) is 19.1 Å². The summed E-state index contributed by atoms with van der Waals surface area (Å²) in [6.45, 7) is 1.52. The molecule has 7 nitrogen and oxygen atoms in total. The van der Waals surface area contributed by atoms with E-state index >= 15 is 0 Å². The lowest BCUT2D eigenvalue weighted by molar-refractivity contribution is -0.384. The molecule has 2 aromatic carbocycles. The lowest BCUT2D eigenvalue weighted by Gasteiger charge is -2.16. The van der Waals surface area contributed by atoms with Gasteiger partial charge in [-0.25, -0.2) is 0 Å². The molecule has 0 unspecified atom stereocenters. The number of ether oxygens (including phenoxy) is 1. The molecule has 0 aliphatic heterocycles. The van der Waals surface area contributed by atoms with Crippen molar-refractivity contribution in [1.82, 2.24) is 0 Å². The van der Waals surface area contributed by atoms with Gasteiger partial charge >= 0.3 is 0 Å². The number of non-ortho nitro benzene ring substituents is 1. The summed E-state index contributed by atoms with van der Waals surface area (Å²) in [5.74, 6) is -0.212. The van der Waals surface area contributed by atoms with Crippen molar-refractivity contribution in [3.05, 3.63) is 63.2 Å². The Bertz CT molecular complexity index is 832. The van der Waals surface area contributed by atoms with Gasteiger partial charge in [0, 0.05) is 12.1 Å². The summed E-state index contributed by atoms with van der Waals surface area (Å²) in [7, 11) is 0. The zero-order valence-electron chi connectivity index (χ0n) is 12.5. The minimum Gasteiger partial charge on any atom is -0.480 e. The van der Waals surface area contributed by atoms with Crippen LogP contribution in [-0.2, 0) is 4.79 Å². The summed E-state index contributed by atoms with van der Waals surface area (Å²) in [5.41, 5.74) is 0.368. The molecule has 1 N–H and O–H groups in total. The number of carbonyl (C=O) groups excluding carboxylic acids is 1. The summed E-state index contributed by atoms with van der Waals surface area (Å²) in [4.78, 5) is 22.3. The van der Waals surface area contributed by atoms with E-state index < -0.39 is 16.9 Å². The predicted octanol–water partition coefficient (Wildman–Crippen LogP) is 3.53. The third-order valence-corrected chi connectivity index (χ3v) is 3.41. The van der Waals surface area contributed by atoms with Crippen molar-refractivity contribution in [3.8, 4) is 11.8 Å². The monoisotopic (exact) mass is 345 g/mol. The van der Waals surface area contributed by atoms with Crippen molar-refractivity contribution in [3.63, 3.8) is 0 Å². The van der Waals surface area contributed by atoms with Crippen LogP contribution in [0.2, 0.25) is 5.02 Å². The zero-order chi connectivity index (χ0) is 17.7. The van der Waals surface area contributed by atoms with Crippen molar-refractivity contribution in [2.75, 3.05) is 5.32 Å². The van der Waals surface area contributed by atoms with Gasteiger partial charge in [0.15, 0.2) is 6.10 Å². The van der Waals surface area contributed by atoms with Crippen LogP contribution in [0.5, 0.6) is 5.75 Å². The van der Waals surface area contributed by atoms with Gasteiger partial charge < -0.3 is 10.1 Å². The fourth-order valence-corrected chi connectivity index (χ4v) is 2.08. The number of carbonyl (C=O) groups is 1. The molecule has 1 amide bonds. The highest BCUT2D eigenvalue weighted by molar-refractivity contribution is 6.34. The molecule has 8 heteroatoms. The Kier molecular flexibility index (Phi) is 5.35. The van der Waals surface area contributed by atoms with Crippen LogP contribution in [0, 0.1) is 21.4 Å². The van der Waals surface area contributed by atoms with E-state index in [1.54, 1.807) is 24.3 Å². The highest BCUT2D eigenvalue weighted by Gasteiger charge is 2.18. The maximum Gasteiger partial charge on any atom is 0.271 e. The van der Waals surface area contributed by atoms with Crippen LogP contribution < -0.4 is 10.1 Å². The average Bonchev–Trinajstić information content (AvgIpc) is 2.56. The van der Waals surface area contributed by atoms with E-state index in [1.807, 2.05) is 6.07 Å². The van der Waals surface area contributed by atoms with Crippen LogP contribution in [0.3, 0.4) is 0 Å². The lowest BCUT2D eigenvalue weighted by atomic mass is 10.2. The van der Waals surface area contributed by atoms with Crippen molar-refractivity contribution < 1.29 is 14.5 Å². The molecule has 0 radical (unpaired) electrons. The largest absolute Gasteiger partial charge is 0.480 e. The van der Waals surface area contributed by atoms with Crippen LogP contribution in [-0.4, -0.2) is 16.9 Å². The standard InChI is InChI=1S/C16H12ClN3O4/c1-10(24-15-5-3-2-4-11(15)9-18)16(21)19-14-7-6-12(20(22)23)8-13(14)17/h2-8,10H,1H3,(H,19,21)/t10-/m0/s1. The molecule has 0 aliphatic carbocycles. The highest BCUT2D eigenvalue weighted by atomic mass is 35.5. The Balaban J connectivity index is 2.09. The van der Waals surface area contributed by atoms with Gasteiger partial charge in [0.25, 0.3) is 11.6 Å². The third kappa shape index (κ3) is 4.00. The lowest BCUT2D eigenvalue weighted by Crippen LogP contribution is -2.30. The molecule has 122 valence electrons. The van der Waals surface area contributed by atoms with Gasteiger partial charge in [0.05, 0.1) is 21.2 Å². The van der Waals surface area contributed by atoms with Gasteiger partial charge in [-0.15, -0.1) is 0 Å². The number of anilines is 1. The molecular weight excluding hydrogens is 334 g/mol. The SMILES string of the molecule is C[C@H](Oc1ccccc1C#N)C(=O)Nc1ccc([N+](=O)[O-])cc1Cl. The smallest absolute Gasteiger partial charge is 0.271 e. The number of nitrogens with zero attached hydrogens (tertiary/aromatic N) is 2. The maximum absolute atomic E-state index is 12.2. The van der Waals surface area contributed by atoms with Gasteiger partial charge in [-0.2, -0.15) is 5.26 Å². The van der Waals surface area contributed by atoms with Crippen molar-refractivity contribution in [2.45, 2.75) is 13.0 Å². The molecular formula is C16H12ClN3O4. The number of amides is 1. The zero-order valence-corrected chi connectivity index (χ0v) is 13.3. The molecule has 0 spiro atoms. The predicted molar refractivity (Wildman–Crippen MR) is 88.0 cm³/mol. The van der Waals surface area contributed by atoms with Crippen LogP contribution >= 0.6 is 11.6 Å². The Hall–Kier alpha value is -3.11. The van der Waals surface area contributed by atoms with Gasteiger partial charge in [-0.1, -0.05) is 23.7 Å². The van der Waals surface area contributed by atoms with Crippen LogP contribution in [0.25, 0.3) is 0 Å². The quantitative estimate of drug-likeness (QED) is 0.659. The molecule has 2 aromatic rings. The van der Waals surface area contributed by atoms with Gasteiger partial charge in [-0.3, -0.25) is 14.9 Å². The number of hydrogen-bond donors (Lipinski definition) is 1. The molecule has 24 heavy (non-hydrogen) atoms. The van der Waals surface area contributed by atoms with Crippen molar-refractivity contribution >= 4 is 28.9 Å². The number of para-hydroxylation sites is 1. The Labute approximate surface area is 142 Å². The number of nitrogens with one attached hydrogen (secondary N) is 1. The molecule has 0 heterocycles. The second-order valence-electron chi connectivity index (χ2n) is 4.78. The van der Waals surface area contributed by atoms with E-state index in [0.717, 1.165) is 6.07 Å². The topological polar surface area (TPSA) is 105 Å². The minimum absolute atomic E-state index is 0.0437. The number of rotatable bonds is 5. The Morgan fingerprint density at radius 3 is 2.71 bits per heavy atom. The molecule has 1 atom stereocenters. The average molecular weight is 346 g/mol. The first-order valence-electron chi connectivity index (χ1n) is 6.83. The molecule has 0 saturated heterocycles. The van der Waals surface area contributed by atoms with E-state index in [9.17, 15) is 14.9 Å². The Morgan fingerprint density at radius 1 is 1.38 bits per heavy atom. The number of halogens is 1. The molecule has 0 saturated carbocycles. The summed E-state index contributed by atoms with van der Waals surface area (Å²) < 4.78 is 5.49. The Morgan fingerprint density at radius 2 is 2.08 bits per heavy atom. The van der Waals surface area contributed by atoms with E-state index in [0.29, 0.717) is 5.56 Å². The van der Waals surface area contributed by atoms with Gasteiger partial charge in [0.2, 0.25) is 0 Å². The van der Waals surface area contributed by atoms with E-state index in [4.69, 9.17) is 21.6 Å². The summed E-state index contributed by atoms with van der Waals surface area (Å²) >= 11 is 5.93. The second-order valence-corrected chi connectivity index (χ2v) is 5.19. The molecule has 0 aromatic heterocycles. The number of nitro benzene ring substituents is 1. The minimum atomic E-state index is -0.897. The fraction of sp³-hybridized carbons (Fsp3) is 0.125. The summed E-state index contributed by atoms with van der Waals surface area (Å²) in [6.07, 6.45) is -0.897. The van der Waals surface area contributed by atoms with Gasteiger partial charge in [0.1, 0.15) is 11.8 Å². The number of benzene rings is 2. The second kappa shape index (κ2) is 7.44. The molecule has 0 fully saturated rings. The normalized spacial score (nSPS) is 11.2. The summed E-state index contributed by atoms with van der Waals surface area (Å²) in [5, 5.41) is 22.3. The van der Waals surface area contributed by atoms with Crippen molar-refractivity contribution in [1.29, 1.82) is 5.26 Å². The number of nitro groups is 1. The van der Waals surface area contributed by atoms with Crippen molar-refractivity contribution in [2.24, 2.45) is 0 Å². The maximum atomic E-state index is 12.2. The number of nitriles is 1. The van der Waals surface area contributed by atoms with Crippen LogP contribution in [0.4, 0.5) is 11.4 Å². The fourth-order valence-electron chi connectivity index (χ4n) is 1.86. The third-order valence-electron chi connectivity index (χ3n) is 3.10. The van der Waals surface area contributed by atoms with Crippen LogP contribution in [0.15, 0.2) is 42.5 Å². The molecule has 0 aliphatic rings. The van der Waals surface area contributed by atoms with E-state index in [2.05, 4.69) is 5.32 Å². The molecule has 2 rings (SSSR count). The first-order chi connectivity index (χ1) is 11.4. The first-order valence-corrected chi connectivity index (χ1v) is 7.20. The van der Waals surface area contributed by atoms with E-state index in [-0.39, 0.29) is 22.1 Å². The molecule has 0 bridgehead atoms. The summed E-state index contributed by atoms with van der Waals surface area (Å²) in [6, 6.07) is 12.2. The first kappa shape index (κ1) is 17.2. The number of hydrogen-bond acceptors (Lipinski definition) is 5. The van der Waals surface area contributed by atoms with Gasteiger partial charge in [-0.05, 0) is 25.1 Å².